The molecule has 5 heteroatoms. The fourth-order valence-electron chi connectivity index (χ4n) is 0.902. The largest absolute Gasteiger partial charge is 0.395 e. The molecule has 0 saturated carbocycles. The second-order valence-corrected chi connectivity index (χ2v) is 4.41. The fraction of sp³-hybridized carbons (Fsp3) is 0.625. The van der Waals surface area contributed by atoms with Crippen LogP contribution in [0.1, 0.15) is 6.92 Å². The number of nitrogen functional groups attached to an aromatic ring is 1. The lowest BCUT2D eigenvalue weighted by Gasteiger charge is -2.06. The van der Waals surface area contributed by atoms with Crippen molar-refractivity contribution < 1.29 is 5.11 Å². The molecule has 0 aromatic carbocycles. The van der Waals surface area contributed by atoms with Gasteiger partial charge in [-0.3, -0.25) is 4.68 Å². The van der Waals surface area contributed by atoms with Crippen molar-refractivity contribution in [1.82, 2.24) is 9.78 Å². The molecular weight excluding hydrogens is 186 g/mol. The molecule has 74 valence electrons. The number of rotatable bonds is 5. The maximum absolute atomic E-state index is 8.77. The smallest absolute Gasteiger partial charge is 0.145 e. The van der Waals surface area contributed by atoms with E-state index in [2.05, 4.69) is 5.10 Å². The third-order valence-corrected chi connectivity index (χ3v) is 2.78. The van der Waals surface area contributed by atoms with Gasteiger partial charge in [0, 0.05) is 17.2 Å². The summed E-state index contributed by atoms with van der Waals surface area (Å²) in [5.74, 6) is 1.50. The van der Waals surface area contributed by atoms with Gasteiger partial charge in [0.15, 0.2) is 0 Å². The van der Waals surface area contributed by atoms with Gasteiger partial charge in [0.05, 0.1) is 13.2 Å². The van der Waals surface area contributed by atoms with Crippen LogP contribution in [-0.2, 0) is 6.54 Å². The average molecular weight is 201 g/mol. The molecule has 0 aliphatic carbocycles. The normalized spacial score (nSPS) is 13.1. The molecule has 0 aliphatic rings. The summed E-state index contributed by atoms with van der Waals surface area (Å²) in [7, 11) is 0. The minimum atomic E-state index is 0.228. The summed E-state index contributed by atoms with van der Waals surface area (Å²) in [6.07, 6.45) is 1.86. The van der Waals surface area contributed by atoms with Crippen LogP contribution in [0.15, 0.2) is 12.3 Å². The van der Waals surface area contributed by atoms with Crippen LogP contribution < -0.4 is 5.73 Å². The van der Waals surface area contributed by atoms with E-state index in [1.165, 1.54) is 0 Å². The van der Waals surface area contributed by atoms with Crippen LogP contribution in [0.3, 0.4) is 0 Å². The van der Waals surface area contributed by atoms with E-state index in [1.54, 1.807) is 17.8 Å². The molecule has 3 N–H and O–H groups in total. The van der Waals surface area contributed by atoms with Crippen molar-refractivity contribution in [2.75, 3.05) is 18.1 Å². The zero-order valence-corrected chi connectivity index (χ0v) is 8.50. The minimum Gasteiger partial charge on any atom is -0.395 e. The summed E-state index contributed by atoms with van der Waals surface area (Å²) in [6, 6.07) is 1.78. The predicted molar refractivity (Wildman–Crippen MR) is 55.6 cm³/mol. The van der Waals surface area contributed by atoms with Gasteiger partial charge in [-0.05, 0) is 6.07 Å². The van der Waals surface area contributed by atoms with Gasteiger partial charge >= 0.3 is 0 Å². The number of aliphatic hydroxyl groups is 1. The molecule has 1 atom stereocenters. The van der Waals surface area contributed by atoms with E-state index in [-0.39, 0.29) is 6.61 Å². The SMILES string of the molecule is CC(CO)SCCn1ccc(N)n1. The number of aromatic nitrogens is 2. The molecule has 0 bridgehead atoms. The monoisotopic (exact) mass is 201 g/mol. The molecule has 1 aromatic rings. The highest BCUT2D eigenvalue weighted by molar-refractivity contribution is 7.99. The Labute approximate surface area is 82.1 Å². The first kappa shape index (κ1) is 10.4. The van der Waals surface area contributed by atoms with Crippen molar-refractivity contribution in [3.8, 4) is 0 Å². The van der Waals surface area contributed by atoms with Crippen LogP contribution >= 0.6 is 11.8 Å². The zero-order valence-electron chi connectivity index (χ0n) is 7.68. The third-order valence-electron chi connectivity index (χ3n) is 1.64. The fourth-order valence-corrected chi connectivity index (χ4v) is 1.70. The van der Waals surface area contributed by atoms with Crippen LogP contribution in [0.25, 0.3) is 0 Å². The summed E-state index contributed by atoms with van der Waals surface area (Å²) < 4.78 is 1.81. The van der Waals surface area contributed by atoms with Crippen LogP contribution in [-0.4, -0.2) is 32.5 Å². The average Bonchev–Trinajstić information content (AvgIpc) is 2.51. The van der Waals surface area contributed by atoms with Gasteiger partial charge in [0.2, 0.25) is 0 Å². The highest BCUT2D eigenvalue weighted by Crippen LogP contribution is 2.09. The maximum atomic E-state index is 8.77. The Morgan fingerprint density at radius 3 is 3.08 bits per heavy atom. The number of nitrogens with two attached hydrogens (primary N) is 1. The topological polar surface area (TPSA) is 64.1 Å². The van der Waals surface area contributed by atoms with E-state index in [0.717, 1.165) is 12.3 Å². The van der Waals surface area contributed by atoms with Crippen molar-refractivity contribution >= 4 is 17.6 Å². The van der Waals surface area contributed by atoms with E-state index in [0.29, 0.717) is 11.1 Å². The van der Waals surface area contributed by atoms with Gasteiger partial charge < -0.3 is 10.8 Å². The van der Waals surface area contributed by atoms with Gasteiger partial charge in [-0.2, -0.15) is 16.9 Å². The summed E-state index contributed by atoms with van der Waals surface area (Å²) >= 11 is 1.73. The van der Waals surface area contributed by atoms with Gasteiger partial charge in [-0.15, -0.1) is 0 Å². The Bertz CT molecular complexity index is 251. The molecule has 1 aromatic heterocycles. The Morgan fingerprint density at radius 2 is 2.54 bits per heavy atom. The Balaban J connectivity index is 2.20. The first-order valence-corrected chi connectivity index (χ1v) is 5.28. The molecule has 1 heterocycles. The van der Waals surface area contributed by atoms with E-state index in [4.69, 9.17) is 10.8 Å². The summed E-state index contributed by atoms with van der Waals surface area (Å²) in [5.41, 5.74) is 5.46. The standard InChI is InChI=1S/C8H15N3OS/c1-7(6-12)13-5-4-11-3-2-8(9)10-11/h2-3,7,12H,4-6H2,1H3,(H2,9,10). The first-order valence-electron chi connectivity index (χ1n) is 4.23. The molecule has 0 radical (unpaired) electrons. The predicted octanol–water partition coefficient (Wildman–Crippen LogP) is 0.579. The number of hydrogen-bond donors (Lipinski definition) is 2. The molecule has 13 heavy (non-hydrogen) atoms. The molecule has 0 fully saturated rings. The lowest BCUT2D eigenvalue weighted by molar-refractivity contribution is 0.300. The van der Waals surface area contributed by atoms with Gasteiger partial charge in [0.25, 0.3) is 0 Å². The molecule has 0 saturated heterocycles. The molecule has 4 nitrogen and oxygen atoms in total. The van der Waals surface area contributed by atoms with Gasteiger partial charge in [0.1, 0.15) is 5.82 Å². The lowest BCUT2D eigenvalue weighted by atomic mass is 10.5. The van der Waals surface area contributed by atoms with Crippen molar-refractivity contribution in [1.29, 1.82) is 0 Å². The van der Waals surface area contributed by atoms with Gasteiger partial charge in [-0.1, -0.05) is 6.92 Å². The molecule has 0 aliphatic heterocycles. The molecular formula is C8H15N3OS. The Hall–Kier alpha value is -0.680. The second-order valence-electron chi connectivity index (χ2n) is 2.87. The number of thioether (sulfide) groups is 1. The number of nitrogens with zero attached hydrogens (tertiary/aromatic N) is 2. The molecule has 0 spiro atoms. The van der Waals surface area contributed by atoms with E-state index < -0.39 is 0 Å². The van der Waals surface area contributed by atoms with Gasteiger partial charge in [-0.25, -0.2) is 0 Å². The second kappa shape index (κ2) is 5.14. The van der Waals surface area contributed by atoms with E-state index >= 15 is 0 Å². The summed E-state index contributed by atoms with van der Waals surface area (Å²) in [5, 5.41) is 13.1. The molecule has 1 unspecified atom stereocenters. The van der Waals surface area contributed by atoms with Crippen LogP contribution in [0, 0.1) is 0 Å². The summed E-state index contributed by atoms with van der Waals surface area (Å²) in [6.45, 7) is 3.07. The number of aliphatic hydroxyl groups excluding tert-OH is 1. The van der Waals surface area contributed by atoms with Crippen molar-refractivity contribution in [2.45, 2.75) is 18.7 Å². The summed E-state index contributed by atoms with van der Waals surface area (Å²) in [4.78, 5) is 0. The minimum absolute atomic E-state index is 0.228. The van der Waals surface area contributed by atoms with Crippen LogP contribution in [0.2, 0.25) is 0 Å². The molecule has 1 rings (SSSR count). The van der Waals surface area contributed by atoms with E-state index in [1.807, 2.05) is 17.8 Å². The van der Waals surface area contributed by atoms with Crippen molar-refractivity contribution in [2.24, 2.45) is 0 Å². The van der Waals surface area contributed by atoms with E-state index in [9.17, 15) is 0 Å². The highest BCUT2D eigenvalue weighted by atomic mass is 32.2. The number of hydrogen-bond acceptors (Lipinski definition) is 4. The zero-order chi connectivity index (χ0) is 9.68. The van der Waals surface area contributed by atoms with Crippen molar-refractivity contribution in [3.05, 3.63) is 12.3 Å². The maximum Gasteiger partial charge on any atom is 0.145 e. The number of anilines is 1. The first-order chi connectivity index (χ1) is 6.22. The quantitative estimate of drug-likeness (QED) is 0.731. The Morgan fingerprint density at radius 1 is 1.77 bits per heavy atom. The lowest BCUT2D eigenvalue weighted by Crippen LogP contribution is -2.07. The Kier molecular flexibility index (Phi) is 4.11. The third kappa shape index (κ3) is 3.69. The van der Waals surface area contributed by atoms with Crippen molar-refractivity contribution in [3.63, 3.8) is 0 Å². The van der Waals surface area contributed by atoms with Crippen LogP contribution in [0.5, 0.6) is 0 Å². The van der Waals surface area contributed by atoms with Crippen LogP contribution in [0.4, 0.5) is 5.82 Å². The molecule has 0 amide bonds. The number of aryl methyl sites for hydroxylation is 1. The highest BCUT2D eigenvalue weighted by Gasteiger charge is 2.00.